The zero-order chi connectivity index (χ0) is 10.3. The number of hydrogen-bond acceptors (Lipinski definition) is 2. The highest BCUT2D eigenvalue weighted by Crippen LogP contribution is 2.21. The summed E-state index contributed by atoms with van der Waals surface area (Å²) >= 11 is 0. The lowest BCUT2D eigenvalue weighted by Crippen LogP contribution is -2.55. The van der Waals surface area contributed by atoms with Crippen LogP contribution in [0.3, 0.4) is 0 Å². The van der Waals surface area contributed by atoms with Gasteiger partial charge < -0.3 is 8.99 Å². The maximum absolute atomic E-state index is 6.04. The van der Waals surface area contributed by atoms with Crippen LogP contribution in [0.2, 0.25) is 12.1 Å². The molecule has 3 heteroatoms. The van der Waals surface area contributed by atoms with Gasteiger partial charge in [0, 0.05) is 6.61 Å². The van der Waals surface area contributed by atoms with Gasteiger partial charge in [0.15, 0.2) is 0 Å². The SMILES string of the molecule is CCO[Si](CC)(CC)N(CC)CC. The van der Waals surface area contributed by atoms with Crippen molar-refractivity contribution in [2.24, 2.45) is 0 Å². The van der Waals surface area contributed by atoms with Crippen molar-refractivity contribution >= 4 is 8.48 Å². The van der Waals surface area contributed by atoms with Crippen LogP contribution in [0.5, 0.6) is 0 Å². The number of nitrogens with zero attached hydrogens (tertiary/aromatic N) is 1. The molecule has 0 atom stereocenters. The molecule has 0 aromatic rings. The second-order valence-corrected chi connectivity index (χ2v) is 7.49. The predicted molar refractivity (Wildman–Crippen MR) is 61.3 cm³/mol. The van der Waals surface area contributed by atoms with Crippen LogP contribution in [0.1, 0.15) is 34.6 Å². The summed E-state index contributed by atoms with van der Waals surface area (Å²) in [6.07, 6.45) is 0. The second-order valence-electron chi connectivity index (χ2n) is 3.26. The largest absolute Gasteiger partial charge is 0.403 e. The van der Waals surface area contributed by atoms with Gasteiger partial charge in [-0.3, -0.25) is 0 Å². The molecule has 80 valence electrons. The summed E-state index contributed by atoms with van der Waals surface area (Å²) < 4.78 is 8.59. The highest BCUT2D eigenvalue weighted by molar-refractivity contribution is 6.70. The van der Waals surface area contributed by atoms with Crippen molar-refractivity contribution in [3.05, 3.63) is 0 Å². The molecule has 0 unspecified atom stereocenters. The third-order valence-corrected chi connectivity index (χ3v) is 7.68. The van der Waals surface area contributed by atoms with Crippen molar-refractivity contribution in [3.63, 3.8) is 0 Å². The van der Waals surface area contributed by atoms with Gasteiger partial charge >= 0.3 is 0 Å². The predicted octanol–water partition coefficient (Wildman–Crippen LogP) is 2.85. The van der Waals surface area contributed by atoms with Crippen LogP contribution in [0.15, 0.2) is 0 Å². The Kier molecular flexibility index (Phi) is 6.64. The molecule has 0 saturated carbocycles. The maximum Gasteiger partial charge on any atom is 0.270 e. The van der Waals surface area contributed by atoms with Gasteiger partial charge in [-0.2, -0.15) is 0 Å². The average molecular weight is 203 g/mol. The molecule has 0 amide bonds. The van der Waals surface area contributed by atoms with Crippen LogP contribution >= 0.6 is 0 Å². The van der Waals surface area contributed by atoms with E-state index in [0.29, 0.717) is 0 Å². The number of rotatable bonds is 7. The van der Waals surface area contributed by atoms with Crippen molar-refractivity contribution in [2.45, 2.75) is 46.7 Å². The molecule has 0 aromatic heterocycles. The van der Waals surface area contributed by atoms with Crippen LogP contribution in [-0.2, 0) is 4.43 Å². The van der Waals surface area contributed by atoms with Crippen LogP contribution in [-0.4, -0.2) is 32.7 Å². The third-order valence-electron chi connectivity index (χ3n) is 2.86. The molecule has 0 rings (SSSR count). The van der Waals surface area contributed by atoms with Gasteiger partial charge in [0.1, 0.15) is 0 Å². The Morgan fingerprint density at radius 3 is 1.62 bits per heavy atom. The van der Waals surface area contributed by atoms with Gasteiger partial charge in [0.2, 0.25) is 0 Å². The average Bonchev–Trinajstić information content (AvgIpc) is 2.18. The van der Waals surface area contributed by atoms with E-state index in [1.807, 2.05) is 0 Å². The first kappa shape index (κ1) is 13.1. The highest BCUT2D eigenvalue weighted by atomic mass is 28.4. The van der Waals surface area contributed by atoms with Gasteiger partial charge in [-0.1, -0.05) is 27.7 Å². The fourth-order valence-electron chi connectivity index (χ4n) is 2.06. The first-order chi connectivity index (χ1) is 6.20. The highest BCUT2D eigenvalue weighted by Gasteiger charge is 2.36. The normalized spacial score (nSPS) is 12.5. The Morgan fingerprint density at radius 1 is 0.923 bits per heavy atom. The molecule has 0 aromatic carbocycles. The summed E-state index contributed by atoms with van der Waals surface area (Å²) in [6, 6.07) is 2.41. The van der Waals surface area contributed by atoms with E-state index in [9.17, 15) is 0 Å². The lowest BCUT2D eigenvalue weighted by atomic mass is 10.7. The van der Waals surface area contributed by atoms with Gasteiger partial charge in [-0.15, -0.1) is 0 Å². The molecule has 0 spiro atoms. The molecule has 0 aliphatic rings. The molecule has 0 aliphatic carbocycles. The Balaban J connectivity index is 4.50. The summed E-state index contributed by atoms with van der Waals surface area (Å²) in [4.78, 5) is 0. The summed E-state index contributed by atoms with van der Waals surface area (Å²) in [6.45, 7) is 14.2. The minimum absolute atomic E-state index is 0.865. The van der Waals surface area contributed by atoms with E-state index in [-0.39, 0.29) is 0 Å². The summed E-state index contributed by atoms with van der Waals surface area (Å²) in [5, 5.41) is 0. The summed E-state index contributed by atoms with van der Waals surface area (Å²) in [7, 11) is -1.54. The molecule has 13 heavy (non-hydrogen) atoms. The lowest BCUT2D eigenvalue weighted by molar-refractivity contribution is 0.252. The molecule has 0 bridgehead atoms. The molecular formula is C10H25NOSi. The zero-order valence-electron chi connectivity index (χ0n) is 9.89. The topological polar surface area (TPSA) is 12.5 Å². The Labute approximate surface area is 84.5 Å². The van der Waals surface area contributed by atoms with E-state index in [1.165, 1.54) is 12.1 Å². The van der Waals surface area contributed by atoms with Crippen molar-refractivity contribution in [3.8, 4) is 0 Å². The maximum atomic E-state index is 6.04. The first-order valence-electron chi connectivity index (χ1n) is 5.59. The van der Waals surface area contributed by atoms with E-state index in [1.54, 1.807) is 0 Å². The fraction of sp³-hybridized carbons (Fsp3) is 1.00. The van der Waals surface area contributed by atoms with E-state index < -0.39 is 8.48 Å². The first-order valence-corrected chi connectivity index (χ1v) is 7.86. The second kappa shape index (κ2) is 6.57. The van der Waals surface area contributed by atoms with Crippen LogP contribution < -0.4 is 0 Å². The number of hydrogen-bond donors (Lipinski definition) is 0. The van der Waals surface area contributed by atoms with Crippen LogP contribution in [0, 0.1) is 0 Å². The minimum Gasteiger partial charge on any atom is -0.403 e. The molecule has 0 fully saturated rings. The molecule has 2 nitrogen and oxygen atoms in total. The molecule has 0 aliphatic heterocycles. The Bertz CT molecular complexity index is 122. The minimum atomic E-state index is -1.54. The van der Waals surface area contributed by atoms with Gasteiger partial charge in [-0.05, 0) is 32.1 Å². The van der Waals surface area contributed by atoms with Gasteiger partial charge in [0.25, 0.3) is 8.48 Å². The van der Waals surface area contributed by atoms with Crippen molar-refractivity contribution in [1.29, 1.82) is 0 Å². The van der Waals surface area contributed by atoms with Crippen LogP contribution in [0.4, 0.5) is 0 Å². The Morgan fingerprint density at radius 2 is 1.38 bits per heavy atom. The molecule has 0 radical (unpaired) electrons. The standard InChI is InChI=1S/C10H25NOSi/c1-6-11(7-2)13(9-4,10-5)12-8-3/h6-10H2,1-5H3. The van der Waals surface area contributed by atoms with Crippen molar-refractivity contribution in [1.82, 2.24) is 4.57 Å². The van der Waals surface area contributed by atoms with Gasteiger partial charge in [0.05, 0.1) is 0 Å². The molecular weight excluding hydrogens is 178 g/mol. The van der Waals surface area contributed by atoms with Crippen molar-refractivity contribution in [2.75, 3.05) is 19.7 Å². The van der Waals surface area contributed by atoms with E-state index in [2.05, 4.69) is 39.2 Å². The third kappa shape index (κ3) is 3.08. The quantitative estimate of drug-likeness (QED) is 0.590. The Hall–Kier alpha value is 0.137. The monoisotopic (exact) mass is 203 g/mol. The van der Waals surface area contributed by atoms with E-state index >= 15 is 0 Å². The summed E-state index contributed by atoms with van der Waals surface area (Å²) in [5.41, 5.74) is 0. The van der Waals surface area contributed by atoms with Gasteiger partial charge in [-0.25, -0.2) is 0 Å². The molecule has 0 saturated heterocycles. The zero-order valence-corrected chi connectivity index (χ0v) is 10.9. The summed E-state index contributed by atoms with van der Waals surface area (Å²) in [5.74, 6) is 0. The van der Waals surface area contributed by atoms with Crippen LogP contribution in [0.25, 0.3) is 0 Å². The van der Waals surface area contributed by atoms with E-state index in [0.717, 1.165) is 19.7 Å². The van der Waals surface area contributed by atoms with E-state index in [4.69, 9.17) is 4.43 Å². The molecule has 0 N–H and O–H groups in total. The molecule has 0 heterocycles. The smallest absolute Gasteiger partial charge is 0.270 e. The fourth-order valence-corrected chi connectivity index (χ4v) is 5.74. The van der Waals surface area contributed by atoms with Crippen molar-refractivity contribution < 1.29 is 4.43 Å². The lowest BCUT2D eigenvalue weighted by Gasteiger charge is -2.38.